The SMILES string of the molecule is CC[C@H](O)/C=C/[C@H]1C=CC(=O)[C@H]1C/C=C\CCCCC(=O)O. The first kappa shape index (κ1) is 18.4. The van der Waals surface area contributed by atoms with Gasteiger partial charge in [-0.1, -0.05) is 37.3 Å². The molecule has 4 nitrogen and oxygen atoms in total. The van der Waals surface area contributed by atoms with Crippen LogP contribution in [0, 0.1) is 11.8 Å². The van der Waals surface area contributed by atoms with E-state index < -0.39 is 12.1 Å². The lowest BCUT2D eigenvalue weighted by Crippen LogP contribution is -2.14. The Balaban J connectivity index is 2.34. The van der Waals surface area contributed by atoms with Gasteiger partial charge in [-0.05, 0) is 38.2 Å². The number of ketones is 1. The Morgan fingerprint density at radius 1 is 1.36 bits per heavy atom. The standard InChI is InChI=1S/C18H26O4/c1-2-15(19)12-10-14-11-13-17(20)16(14)8-6-4-3-5-7-9-18(21)22/h4,6,10-16,19H,2-3,5,7-9H2,1H3,(H,21,22)/b6-4-,12-10+/t14-,15-,16-/m0/s1. The van der Waals surface area contributed by atoms with Gasteiger partial charge >= 0.3 is 5.97 Å². The quantitative estimate of drug-likeness (QED) is 0.480. The summed E-state index contributed by atoms with van der Waals surface area (Å²) in [6, 6.07) is 0. The van der Waals surface area contributed by atoms with Crippen LogP contribution in [0.25, 0.3) is 0 Å². The average Bonchev–Trinajstić information content (AvgIpc) is 2.84. The summed E-state index contributed by atoms with van der Waals surface area (Å²) in [4.78, 5) is 22.2. The van der Waals surface area contributed by atoms with E-state index in [-0.39, 0.29) is 24.0 Å². The Bertz CT molecular complexity index is 448. The summed E-state index contributed by atoms with van der Waals surface area (Å²) in [6.45, 7) is 1.91. The zero-order valence-corrected chi connectivity index (χ0v) is 13.1. The van der Waals surface area contributed by atoms with Crippen LogP contribution in [0.2, 0.25) is 0 Å². The third kappa shape index (κ3) is 6.85. The average molecular weight is 306 g/mol. The fourth-order valence-corrected chi connectivity index (χ4v) is 2.42. The first-order valence-corrected chi connectivity index (χ1v) is 7.99. The molecule has 22 heavy (non-hydrogen) atoms. The van der Waals surface area contributed by atoms with Crippen LogP contribution in [0.15, 0.2) is 36.5 Å². The Morgan fingerprint density at radius 2 is 2.14 bits per heavy atom. The zero-order valence-electron chi connectivity index (χ0n) is 13.1. The number of carboxylic acids is 1. The molecule has 0 saturated heterocycles. The highest BCUT2D eigenvalue weighted by Gasteiger charge is 2.26. The second-order valence-electron chi connectivity index (χ2n) is 5.65. The fourth-order valence-electron chi connectivity index (χ4n) is 2.42. The molecule has 0 saturated carbocycles. The van der Waals surface area contributed by atoms with Gasteiger partial charge in [0.15, 0.2) is 5.78 Å². The number of carbonyl (C=O) groups is 2. The number of hydrogen-bond acceptors (Lipinski definition) is 3. The Hall–Kier alpha value is -1.68. The number of aliphatic hydroxyl groups is 1. The van der Waals surface area contributed by atoms with Crippen LogP contribution in [0.1, 0.15) is 45.4 Å². The van der Waals surface area contributed by atoms with Gasteiger partial charge in [0.25, 0.3) is 0 Å². The van der Waals surface area contributed by atoms with Gasteiger partial charge < -0.3 is 10.2 Å². The number of hydrogen-bond donors (Lipinski definition) is 2. The molecular formula is C18H26O4. The van der Waals surface area contributed by atoms with Crippen molar-refractivity contribution in [1.82, 2.24) is 0 Å². The van der Waals surface area contributed by atoms with Crippen LogP contribution >= 0.6 is 0 Å². The molecule has 0 radical (unpaired) electrons. The molecule has 1 aliphatic carbocycles. The number of unbranched alkanes of at least 4 members (excludes halogenated alkanes) is 2. The smallest absolute Gasteiger partial charge is 0.303 e. The highest BCUT2D eigenvalue weighted by atomic mass is 16.4. The maximum Gasteiger partial charge on any atom is 0.303 e. The summed E-state index contributed by atoms with van der Waals surface area (Å²) in [5.74, 6) is -0.632. The highest BCUT2D eigenvalue weighted by molar-refractivity contribution is 5.95. The molecule has 0 heterocycles. The second-order valence-corrected chi connectivity index (χ2v) is 5.65. The predicted octanol–water partition coefficient (Wildman–Crippen LogP) is 3.28. The van der Waals surface area contributed by atoms with Crippen molar-refractivity contribution in [2.45, 2.75) is 51.6 Å². The van der Waals surface area contributed by atoms with Crippen LogP contribution in [-0.2, 0) is 9.59 Å². The summed E-state index contributed by atoms with van der Waals surface area (Å²) in [5, 5.41) is 18.1. The lowest BCUT2D eigenvalue weighted by atomic mass is 9.90. The zero-order chi connectivity index (χ0) is 16.4. The summed E-state index contributed by atoms with van der Waals surface area (Å²) in [5.41, 5.74) is 0. The van der Waals surface area contributed by atoms with Gasteiger partial charge in [0, 0.05) is 18.3 Å². The number of aliphatic carboxylic acids is 1. The van der Waals surface area contributed by atoms with Crippen LogP contribution in [0.4, 0.5) is 0 Å². The van der Waals surface area contributed by atoms with E-state index in [9.17, 15) is 14.7 Å². The van der Waals surface area contributed by atoms with E-state index in [0.717, 1.165) is 12.8 Å². The van der Waals surface area contributed by atoms with E-state index in [1.54, 1.807) is 12.2 Å². The number of allylic oxidation sites excluding steroid dienone is 5. The molecule has 0 aromatic heterocycles. The van der Waals surface area contributed by atoms with Crippen molar-refractivity contribution >= 4 is 11.8 Å². The molecule has 0 bridgehead atoms. The summed E-state index contributed by atoms with van der Waals surface area (Å²) < 4.78 is 0. The minimum atomic E-state index is -0.754. The van der Waals surface area contributed by atoms with Crippen molar-refractivity contribution in [2.75, 3.05) is 0 Å². The first-order valence-electron chi connectivity index (χ1n) is 7.99. The first-order chi connectivity index (χ1) is 10.5. The molecular weight excluding hydrogens is 280 g/mol. The third-order valence-corrected chi connectivity index (χ3v) is 3.85. The molecule has 0 fully saturated rings. The lowest BCUT2D eigenvalue weighted by Gasteiger charge is -2.13. The van der Waals surface area contributed by atoms with Crippen molar-refractivity contribution in [3.05, 3.63) is 36.5 Å². The molecule has 0 aromatic rings. The van der Waals surface area contributed by atoms with E-state index in [4.69, 9.17) is 5.11 Å². The monoisotopic (exact) mass is 306 g/mol. The van der Waals surface area contributed by atoms with Gasteiger partial charge in [-0.15, -0.1) is 0 Å². The second kappa shape index (κ2) is 10.1. The van der Waals surface area contributed by atoms with Gasteiger partial charge in [-0.2, -0.15) is 0 Å². The van der Waals surface area contributed by atoms with Crippen molar-refractivity contribution in [2.24, 2.45) is 11.8 Å². The van der Waals surface area contributed by atoms with Gasteiger partial charge in [-0.25, -0.2) is 0 Å². The molecule has 1 aliphatic rings. The van der Waals surface area contributed by atoms with E-state index in [0.29, 0.717) is 19.3 Å². The van der Waals surface area contributed by atoms with Gasteiger partial charge in [0.05, 0.1) is 6.10 Å². The van der Waals surface area contributed by atoms with Gasteiger partial charge in [-0.3, -0.25) is 9.59 Å². The normalized spacial score (nSPS) is 22.9. The molecule has 122 valence electrons. The molecule has 0 amide bonds. The summed E-state index contributed by atoms with van der Waals surface area (Å²) in [6.07, 6.45) is 14.7. The number of aliphatic hydroxyl groups excluding tert-OH is 1. The molecule has 1 rings (SSSR count). The maximum atomic E-state index is 11.9. The van der Waals surface area contributed by atoms with E-state index in [1.165, 1.54) is 0 Å². The van der Waals surface area contributed by atoms with Gasteiger partial charge in [0.2, 0.25) is 0 Å². The Kier molecular flexibility index (Phi) is 8.44. The molecule has 0 aromatic carbocycles. The topological polar surface area (TPSA) is 74.6 Å². The number of rotatable bonds is 10. The van der Waals surface area contributed by atoms with Crippen molar-refractivity contribution < 1.29 is 19.8 Å². The summed E-state index contributed by atoms with van der Waals surface area (Å²) in [7, 11) is 0. The third-order valence-electron chi connectivity index (χ3n) is 3.85. The predicted molar refractivity (Wildman–Crippen MR) is 86.4 cm³/mol. The van der Waals surface area contributed by atoms with Crippen LogP contribution in [0.3, 0.4) is 0 Å². The molecule has 0 spiro atoms. The molecule has 3 atom stereocenters. The largest absolute Gasteiger partial charge is 0.481 e. The van der Waals surface area contributed by atoms with Crippen molar-refractivity contribution in [1.29, 1.82) is 0 Å². The van der Waals surface area contributed by atoms with Gasteiger partial charge in [0.1, 0.15) is 0 Å². The Labute approximate surface area is 132 Å². The molecule has 0 aliphatic heterocycles. The number of carboxylic acid groups (broad SMARTS) is 1. The van der Waals surface area contributed by atoms with Crippen LogP contribution in [0.5, 0.6) is 0 Å². The Morgan fingerprint density at radius 3 is 2.82 bits per heavy atom. The number of carbonyl (C=O) groups excluding carboxylic acids is 1. The van der Waals surface area contributed by atoms with Crippen molar-refractivity contribution in [3.63, 3.8) is 0 Å². The molecule has 0 unspecified atom stereocenters. The fraction of sp³-hybridized carbons (Fsp3) is 0.556. The van der Waals surface area contributed by atoms with Crippen LogP contribution < -0.4 is 0 Å². The van der Waals surface area contributed by atoms with Crippen molar-refractivity contribution in [3.8, 4) is 0 Å². The van der Waals surface area contributed by atoms with E-state index in [1.807, 2.05) is 31.2 Å². The lowest BCUT2D eigenvalue weighted by molar-refractivity contribution is -0.137. The molecule has 2 N–H and O–H groups in total. The maximum absolute atomic E-state index is 11.9. The van der Waals surface area contributed by atoms with Crippen LogP contribution in [-0.4, -0.2) is 28.1 Å². The minimum Gasteiger partial charge on any atom is -0.481 e. The molecule has 4 heteroatoms. The summed E-state index contributed by atoms with van der Waals surface area (Å²) >= 11 is 0. The highest BCUT2D eigenvalue weighted by Crippen LogP contribution is 2.27. The van der Waals surface area contributed by atoms with E-state index in [2.05, 4.69) is 0 Å². The van der Waals surface area contributed by atoms with E-state index >= 15 is 0 Å². The minimum absolute atomic E-state index is 0.0605.